The zero-order valence-electron chi connectivity index (χ0n) is 14.8. The van der Waals surface area contributed by atoms with E-state index in [9.17, 15) is 26.4 Å². The van der Waals surface area contributed by atoms with Crippen molar-refractivity contribution in [3.8, 4) is 0 Å². The minimum Gasteiger partial charge on any atom is -0.298 e. The number of halogens is 3. The molecule has 0 aliphatic carbocycles. The van der Waals surface area contributed by atoms with Crippen molar-refractivity contribution < 1.29 is 26.4 Å². The van der Waals surface area contributed by atoms with E-state index in [2.05, 4.69) is 15.0 Å². The number of carbonyl (C=O) groups is 1. The van der Waals surface area contributed by atoms with Gasteiger partial charge in [-0.15, -0.1) is 11.3 Å². The Kier molecular flexibility index (Phi) is 5.62. The Hall–Kier alpha value is -2.92. The van der Waals surface area contributed by atoms with Gasteiger partial charge in [-0.1, -0.05) is 18.2 Å². The molecule has 2 aromatic carbocycles. The van der Waals surface area contributed by atoms with E-state index >= 15 is 0 Å². The van der Waals surface area contributed by atoms with Crippen LogP contribution in [0.3, 0.4) is 0 Å². The molecule has 0 aliphatic rings. The Bertz CT molecular complexity index is 1160. The van der Waals surface area contributed by atoms with E-state index in [4.69, 9.17) is 0 Å². The van der Waals surface area contributed by atoms with Crippen LogP contribution in [0.1, 0.15) is 20.8 Å². The Morgan fingerprint density at radius 1 is 1.10 bits per heavy atom. The molecule has 1 aromatic heterocycles. The molecule has 0 unspecified atom stereocenters. The summed E-state index contributed by atoms with van der Waals surface area (Å²) in [6, 6.07) is 9.10. The van der Waals surface area contributed by atoms with E-state index in [1.54, 1.807) is 6.20 Å². The van der Waals surface area contributed by atoms with Crippen LogP contribution in [0.15, 0.2) is 59.6 Å². The van der Waals surface area contributed by atoms with Gasteiger partial charge >= 0.3 is 6.18 Å². The molecule has 3 aromatic rings. The van der Waals surface area contributed by atoms with E-state index in [0.717, 1.165) is 23.1 Å². The molecule has 1 amide bonds. The quantitative estimate of drug-likeness (QED) is 0.609. The molecule has 0 bridgehead atoms. The first-order valence-corrected chi connectivity index (χ1v) is 10.4. The molecule has 1 heterocycles. The fraction of sp³-hybridized carbons (Fsp3) is 0.111. The number of para-hydroxylation sites is 1. The van der Waals surface area contributed by atoms with Crippen molar-refractivity contribution in [2.75, 3.05) is 10.0 Å². The van der Waals surface area contributed by atoms with Crippen LogP contribution < -0.4 is 10.0 Å². The summed E-state index contributed by atoms with van der Waals surface area (Å²) in [4.78, 5) is 16.8. The van der Waals surface area contributed by atoms with Gasteiger partial charge in [-0.3, -0.25) is 14.8 Å². The second kappa shape index (κ2) is 7.84. The van der Waals surface area contributed by atoms with Crippen LogP contribution in [-0.2, 0) is 16.2 Å². The van der Waals surface area contributed by atoms with E-state index in [-0.39, 0.29) is 11.3 Å². The van der Waals surface area contributed by atoms with Crippen LogP contribution in [0.2, 0.25) is 0 Å². The molecule has 0 radical (unpaired) electrons. The lowest BCUT2D eigenvalue weighted by atomic mass is 10.2. The highest BCUT2D eigenvalue weighted by atomic mass is 32.2. The van der Waals surface area contributed by atoms with Crippen molar-refractivity contribution in [3.05, 3.63) is 70.7 Å². The number of amides is 1. The fourth-order valence-electron chi connectivity index (χ4n) is 2.39. The van der Waals surface area contributed by atoms with Crippen molar-refractivity contribution in [2.45, 2.75) is 18.0 Å². The maximum atomic E-state index is 12.9. The maximum absolute atomic E-state index is 12.9. The number of benzene rings is 2. The smallest absolute Gasteiger partial charge is 0.298 e. The Morgan fingerprint density at radius 2 is 1.83 bits per heavy atom. The van der Waals surface area contributed by atoms with Gasteiger partial charge in [-0.25, -0.2) is 13.4 Å². The second-order valence-electron chi connectivity index (χ2n) is 5.91. The van der Waals surface area contributed by atoms with E-state index in [1.165, 1.54) is 35.6 Å². The standard InChI is InChI=1S/C18H14F3N3O3S2/c1-11-10-22-17(28-11)23-16(25)14-7-2-3-8-15(14)24-29(26,27)13-6-4-5-12(9-13)18(19,20)21/h2-10,24H,1H3,(H,22,23,25). The monoisotopic (exact) mass is 441 g/mol. The van der Waals surface area contributed by atoms with Gasteiger partial charge in [0.25, 0.3) is 15.9 Å². The summed E-state index contributed by atoms with van der Waals surface area (Å²) < 4.78 is 66.0. The van der Waals surface area contributed by atoms with Crippen molar-refractivity contribution >= 4 is 38.1 Å². The van der Waals surface area contributed by atoms with Gasteiger partial charge in [-0.05, 0) is 37.3 Å². The van der Waals surface area contributed by atoms with Gasteiger partial charge in [0, 0.05) is 11.1 Å². The fourth-order valence-corrected chi connectivity index (χ4v) is 4.18. The van der Waals surface area contributed by atoms with Gasteiger partial charge in [0.05, 0.1) is 21.7 Å². The lowest BCUT2D eigenvalue weighted by Crippen LogP contribution is -2.19. The lowest BCUT2D eigenvalue weighted by molar-refractivity contribution is -0.137. The molecular weight excluding hydrogens is 427 g/mol. The number of nitrogens with zero attached hydrogens (tertiary/aromatic N) is 1. The lowest BCUT2D eigenvalue weighted by Gasteiger charge is -2.13. The van der Waals surface area contributed by atoms with Crippen LogP contribution in [0.25, 0.3) is 0 Å². The highest BCUT2D eigenvalue weighted by Gasteiger charge is 2.31. The average Bonchev–Trinajstić information content (AvgIpc) is 3.06. The number of rotatable bonds is 5. The molecule has 3 rings (SSSR count). The summed E-state index contributed by atoms with van der Waals surface area (Å²) in [5.74, 6) is -0.610. The van der Waals surface area contributed by atoms with Gasteiger partial charge < -0.3 is 0 Å². The Labute approximate surface area is 168 Å². The summed E-state index contributed by atoms with van der Waals surface area (Å²) in [5, 5.41) is 2.90. The third kappa shape index (κ3) is 4.93. The highest BCUT2D eigenvalue weighted by molar-refractivity contribution is 7.92. The number of anilines is 2. The number of alkyl halides is 3. The van der Waals surface area contributed by atoms with Crippen LogP contribution >= 0.6 is 11.3 Å². The molecule has 0 atom stereocenters. The first-order valence-electron chi connectivity index (χ1n) is 8.09. The number of sulfonamides is 1. The number of aryl methyl sites for hydroxylation is 1. The SMILES string of the molecule is Cc1cnc(NC(=O)c2ccccc2NS(=O)(=O)c2cccc(C(F)(F)F)c2)s1. The summed E-state index contributed by atoms with van der Waals surface area (Å²) in [6.45, 7) is 1.81. The van der Waals surface area contributed by atoms with Crippen molar-refractivity contribution in [1.82, 2.24) is 4.98 Å². The zero-order chi connectivity index (χ0) is 21.2. The molecule has 0 fully saturated rings. The largest absolute Gasteiger partial charge is 0.416 e. The molecule has 0 saturated heterocycles. The minimum atomic E-state index is -4.69. The molecule has 6 nitrogen and oxygen atoms in total. The normalized spacial score (nSPS) is 11.9. The van der Waals surface area contributed by atoms with E-state index < -0.39 is 32.6 Å². The van der Waals surface area contributed by atoms with E-state index in [1.807, 2.05) is 6.92 Å². The van der Waals surface area contributed by atoms with Crippen LogP contribution in [-0.4, -0.2) is 19.3 Å². The van der Waals surface area contributed by atoms with Gasteiger partial charge in [0.15, 0.2) is 5.13 Å². The van der Waals surface area contributed by atoms with Crippen molar-refractivity contribution in [1.29, 1.82) is 0 Å². The van der Waals surface area contributed by atoms with Crippen LogP contribution in [0.4, 0.5) is 24.0 Å². The van der Waals surface area contributed by atoms with Gasteiger partial charge in [0.1, 0.15) is 0 Å². The Balaban J connectivity index is 1.89. The number of thiazole rings is 1. The van der Waals surface area contributed by atoms with Crippen molar-refractivity contribution in [3.63, 3.8) is 0 Å². The number of nitrogens with one attached hydrogen (secondary N) is 2. The first-order chi connectivity index (χ1) is 13.6. The average molecular weight is 441 g/mol. The third-order valence-electron chi connectivity index (χ3n) is 3.73. The summed E-state index contributed by atoms with van der Waals surface area (Å²) in [7, 11) is -4.36. The number of carbonyl (C=O) groups excluding carboxylic acids is 1. The summed E-state index contributed by atoms with van der Waals surface area (Å²) >= 11 is 1.24. The molecule has 29 heavy (non-hydrogen) atoms. The predicted octanol–water partition coefficient (Wildman–Crippen LogP) is 4.52. The summed E-state index contributed by atoms with van der Waals surface area (Å²) in [5.41, 5.74) is -1.17. The molecule has 11 heteroatoms. The Morgan fingerprint density at radius 3 is 2.48 bits per heavy atom. The molecule has 0 aliphatic heterocycles. The number of aromatic nitrogens is 1. The molecule has 2 N–H and O–H groups in total. The topological polar surface area (TPSA) is 88.2 Å². The first kappa shape index (κ1) is 20.8. The molecule has 152 valence electrons. The van der Waals surface area contributed by atoms with Gasteiger partial charge in [-0.2, -0.15) is 13.2 Å². The summed E-state index contributed by atoms with van der Waals surface area (Å²) in [6.07, 6.45) is -3.11. The predicted molar refractivity (Wildman–Crippen MR) is 103 cm³/mol. The van der Waals surface area contributed by atoms with E-state index in [0.29, 0.717) is 11.2 Å². The number of hydrogen-bond acceptors (Lipinski definition) is 5. The maximum Gasteiger partial charge on any atom is 0.416 e. The molecule has 0 spiro atoms. The second-order valence-corrected chi connectivity index (χ2v) is 8.82. The minimum absolute atomic E-state index is 0.00379. The molecule has 0 saturated carbocycles. The third-order valence-corrected chi connectivity index (χ3v) is 5.92. The highest BCUT2D eigenvalue weighted by Crippen LogP contribution is 2.31. The van der Waals surface area contributed by atoms with Crippen LogP contribution in [0, 0.1) is 6.92 Å². The zero-order valence-corrected chi connectivity index (χ0v) is 16.5. The molecular formula is C18H14F3N3O3S2. The van der Waals surface area contributed by atoms with Crippen molar-refractivity contribution in [2.24, 2.45) is 0 Å². The van der Waals surface area contributed by atoms with Crippen LogP contribution in [0.5, 0.6) is 0 Å². The number of hydrogen-bond donors (Lipinski definition) is 2. The van der Waals surface area contributed by atoms with Gasteiger partial charge in [0.2, 0.25) is 0 Å².